The predicted octanol–water partition coefficient (Wildman–Crippen LogP) is 4.96. The summed E-state index contributed by atoms with van der Waals surface area (Å²) in [7, 11) is 0. The number of hydrogen-bond donors (Lipinski definition) is 0. The Morgan fingerprint density at radius 2 is 1.50 bits per heavy atom. The molecule has 0 fully saturated rings. The average Bonchev–Trinajstić information content (AvgIpc) is 2.84. The first-order chi connectivity index (χ1) is 10.7. The zero-order chi connectivity index (χ0) is 15.7. The van der Waals surface area contributed by atoms with Gasteiger partial charge in [-0.25, -0.2) is 0 Å². The third-order valence-electron chi connectivity index (χ3n) is 4.70. The van der Waals surface area contributed by atoms with Crippen molar-refractivity contribution >= 4 is 21.8 Å². The molecule has 0 amide bonds. The minimum atomic E-state index is 1.01. The second-order valence-corrected chi connectivity index (χ2v) is 6.08. The fraction of sp³-hybridized carbons (Fsp3) is 0.400. The van der Waals surface area contributed by atoms with E-state index in [0.717, 1.165) is 26.2 Å². The molecule has 0 radical (unpaired) electrons. The largest absolute Gasteiger partial charge is 0.341 e. The molecule has 0 aliphatic heterocycles. The van der Waals surface area contributed by atoms with Crippen molar-refractivity contribution in [3.05, 3.63) is 47.5 Å². The molecule has 3 aromatic rings. The second kappa shape index (κ2) is 6.13. The monoisotopic (exact) mass is 294 g/mol. The lowest BCUT2D eigenvalue weighted by atomic mass is 10.1. The van der Waals surface area contributed by atoms with Crippen LogP contribution in [0.25, 0.3) is 21.8 Å². The maximum atomic E-state index is 2.46. The second-order valence-electron chi connectivity index (χ2n) is 6.08. The van der Waals surface area contributed by atoms with Gasteiger partial charge in [-0.05, 0) is 50.2 Å². The molecule has 2 heteroatoms. The highest BCUT2D eigenvalue weighted by atomic mass is 15.1. The van der Waals surface area contributed by atoms with Crippen molar-refractivity contribution in [1.82, 2.24) is 9.47 Å². The Hall–Kier alpha value is -1.80. The van der Waals surface area contributed by atoms with E-state index in [-0.39, 0.29) is 0 Å². The van der Waals surface area contributed by atoms with Crippen LogP contribution in [-0.2, 0) is 13.1 Å². The van der Waals surface area contributed by atoms with E-state index in [0.29, 0.717) is 0 Å². The first-order valence-corrected chi connectivity index (χ1v) is 8.41. The molecule has 0 unspecified atom stereocenters. The Morgan fingerprint density at radius 1 is 0.864 bits per heavy atom. The van der Waals surface area contributed by atoms with Crippen LogP contribution in [0.4, 0.5) is 0 Å². The molecule has 0 aliphatic rings. The summed E-state index contributed by atoms with van der Waals surface area (Å²) in [4.78, 5) is 2.46. The number of hydrogen-bond acceptors (Lipinski definition) is 1. The minimum Gasteiger partial charge on any atom is -0.341 e. The molecule has 1 heterocycles. The van der Waals surface area contributed by atoms with Crippen LogP contribution in [0.1, 0.15) is 31.9 Å². The third-order valence-corrected chi connectivity index (χ3v) is 4.70. The standard InChI is InChI=1S/C20H26N2/c1-5-21(6-2)14-16-9-11-18-17-10-8-15(4)12-19(17)22(7-3)20(18)13-16/h8-13H,5-7,14H2,1-4H3. The van der Waals surface area contributed by atoms with E-state index in [4.69, 9.17) is 0 Å². The van der Waals surface area contributed by atoms with Gasteiger partial charge >= 0.3 is 0 Å². The van der Waals surface area contributed by atoms with Crippen molar-refractivity contribution in [2.75, 3.05) is 13.1 Å². The summed E-state index contributed by atoms with van der Waals surface area (Å²) in [6, 6.07) is 13.8. The highest BCUT2D eigenvalue weighted by Crippen LogP contribution is 2.30. The predicted molar refractivity (Wildman–Crippen MR) is 96.5 cm³/mol. The minimum absolute atomic E-state index is 1.01. The number of rotatable bonds is 5. The molecule has 0 saturated heterocycles. The van der Waals surface area contributed by atoms with Crippen LogP contribution in [0.5, 0.6) is 0 Å². The smallest absolute Gasteiger partial charge is 0.0494 e. The molecular weight excluding hydrogens is 268 g/mol. The summed E-state index contributed by atoms with van der Waals surface area (Å²) in [5.41, 5.74) is 5.46. The summed E-state index contributed by atoms with van der Waals surface area (Å²) in [5, 5.41) is 2.75. The molecule has 0 saturated carbocycles. The first kappa shape index (κ1) is 15.1. The van der Waals surface area contributed by atoms with E-state index < -0.39 is 0 Å². The first-order valence-electron chi connectivity index (χ1n) is 8.41. The Kier molecular flexibility index (Phi) is 4.21. The van der Waals surface area contributed by atoms with E-state index in [1.807, 2.05) is 0 Å². The Balaban J connectivity index is 2.17. The van der Waals surface area contributed by atoms with Crippen LogP contribution >= 0.6 is 0 Å². The van der Waals surface area contributed by atoms with E-state index in [2.05, 4.69) is 73.6 Å². The Morgan fingerprint density at radius 3 is 2.14 bits per heavy atom. The van der Waals surface area contributed by atoms with Crippen LogP contribution in [0.3, 0.4) is 0 Å². The van der Waals surface area contributed by atoms with Gasteiger partial charge in [0.2, 0.25) is 0 Å². The van der Waals surface area contributed by atoms with Gasteiger partial charge in [-0.15, -0.1) is 0 Å². The Labute approximate surface area is 133 Å². The average molecular weight is 294 g/mol. The molecule has 0 N–H and O–H groups in total. The van der Waals surface area contributed by atoms with E-state index in [1.165, 1.54) is 32.9 Å². The lowest BCUT2D eigenvalue weighted by Gasteiger charge is -2.18. The maximum absolute atomic E-state index is 2.46. The highest BCUT2D eigenvalue weighted by molar-refractivity contribution is 6.08. The lowest BCUT2D eigenvalue weighted by Crippen LogP contribution is -2.22. The molecule has 2 nitrogen and oxygen atoms in total. The summed E-state index contributed by atoms with van der Waals surface area (Å²) in [6.07, 6.45) is 0. The molecule has 0 spiro atoms. The molecule has 2 aromatic carbocycles. The lowest BCUT2D eigenvalue weighted by molar-refractivity contribution is 0.296. The normalized spacial score (nSPS) is 11.9. The quantitative estimate of drug-likeness (QED) is 0.645. The SMILES string of the molecule is CCN(CC)Cc1ccc2c3ccc(C)cc3n(CC)c2c1. The summed E-state index contributed by atoms with van der Waals surface area (Å²) in [6.45, 7) is 13.1. The van der Waals surface area contributed by atoms with Crippen LogP contribution in [0.15, 0.2) is 36.4 Å². The van der Waals surface area contributed by atoms with Gasteiger partial charge in [-0.3, -0.25) is 4.90 Å². The fourth-order valence-electron chi connectivity index (χ4n) is 3.40. The van der Waals surface area contributed by atoms with Gasteiger partial charge in [0, 0.05) is 34.9 Å². The summed E-state index contributed by atoms with van der Waals surface area (Å²) in [5.74, 6) is 0. The molecule has 0 bridgehead atoms. The van der Waals surface area contributed by atoms with Gasteiger partial charge in [0.15, 0.2) is 0 Å². The fourth-order valence-corrected chi connectivity index (χ4v) is 3.40. The van der Waals surface area contributed by atoms with Crippen molar-refractivity contribution in [3.8, 4) is 0 Å². The number of nitrogens with zero attached hydrogens (tertiary/aromatic N) is 2. The highest BCUT2D eigenvalue weighted by Gasteiger charge is 2.11. The van der Waals surface area contributed by atoms with Crippen molar-refractivity contribution < 1.29 is 0 Å². The van der Waals surface area contributed by atoms with Crippen LogP contribution in [0.2, 0.25) is 0 Å². The third kappa shape index (κ3) is 2.52. The van der Waals surface area contributed by atoms with Crippen molar-refractivity contribution in [1.29, 1.82) is 0 Å². The van der Waals surface area contributed by atoms with Crippen molar-refractivity contribution in [2.45, 2.75) is 40.8 Å². The zero-order valence-electron chi connectivity index (χ0n) is 14.2. The topological polar surface area (TPSA) is 8.17 Å². The van der Waals surface area contributed by atoms with Gasteiger partial charge in [0.1, 0.15) is 0 Å². The molecule has 116 valence electrons. The summed E-state index contributed by atoms with van der Waals surface area (Å²) < 4.78 is 2.45. The molecule has 0 atom stereocenters. The summed E-state index contributed by atoms with van der Waals surface area (Å²) >= 11 is 0. The van der Waals surface area contributed by atoms with Crippen molar-refractivity contribution in [3.63, 3.8) is 0 Å². The molecule has 22 heavy (non-hydrogen) atoms. The molecule has 0 aliphatic carbocycles. The maximum Gasteiger partial charge on any atom is 0.0494 e. The van der Waals surface area contributed by atoms with E-state index in [9.17, 15) is 0 Å². The van der Waals surface area contributed by atoms with E-state index >= 15 is 0 Å². The van der Waals surface area contributed by atoms with Gasteiger partial charge < -0.3 is 4.57 Å². The van der Waals surface area contributed by atoms with Gasteiger partial charge in [0.05, 0.1) is 0 Å². The van der Waals surface area contributed by atoms with Crippen molar-refractivity contribution in [2.24, 2.45) is 0 Å². The number of benzene rings is 2. The number of aromatic nitrogens is 1. The number of fused-ring (bicyclic) bond motifs is 3. The number of aryl methyl sites for hydroxylation is 2. The molecule has 1 aromatic heterocycles. The van der Waals surface area contributed by atoms with Crippen LogP contribution < -0.4 is 0 Å². The molecular formula is C20H26N2. The van der Waals surface area contributed by atoms with Gasteiger partial charge in [0.25, 0.3) is 0 Å². The van der Waals surface area contributed by atoms with E-state index in [1.54, 1.807) is 0 Å². The Bertz CT molecular complexity index is 794. The van der Waals surface area contributed by atoms with Crippen LogP contribution in [-0.4, -0.2) is 22.6 Å². The van der Waals surface area contributed by atoms with Gasteiger partial charge in [-0.1, -0.05) is 38.1 Å². The van der Waals surface area contributed by atoms with Gasteiger partial charge in [-0.2, -0.15) is 0 Å². The molecule has 3 rings (SSSR count). The zero-order valence-corrected chi connectivity index (χ0v) is 14.2. The van der Waals surface area contributed by atoms with Crippen LogP contribution in [0, 0.1) is 6.92 Å².